The molecule has 0 aliphatic heterocycles. The highest BCUT2D eigenvalue weighted by Crippen LogP contribution is 2.53. The second-order valence-corrected chi connectivity index (χ2v) is 7.49. The largest absolute Gasteiger partial charge is 0.398 e. The Kier molecular flexibility index (Phi) is 3.03. The van der Waals surface area contributed by atoms with Gasteiger partial charge in [0.25, 0.3) is 0 Å². The van der Waals surface area contributed by atoms with Gasteiger partial charge in [-0.05, 0) is 73.8 Å². The van der Waals surface area contributed by atoms with Gasteiger partial charge in [-0.25, -0.2) is 0 Å². The van der Waals surface area contributed by atoms with Crippen molar-refractivity contribution in [2.75, 3.05) is 5.73 Å². The highest BCUT2D eigenvalue weighted by atomic mass is 14.9. The van der Waals surface area contributed by atoms with Crippen molar-refractivity contribution in [3.8, 4) is 0 Å². The van der Waals surface area contributed by atoms with E-state index in [0.29, 0.717) is 0 Å². The lowest BCUT2D eigenvalue weighted by Crippen LogP contribution is -2.54. The van der Waals surface area contributed by atoms with E-state index in [1.54, 1.807) is 0 Å². The molecule has 0 heterocycles. The number of hydrogen-bond acceptors (Lipinski definition) is 2. The zero-order valence-corrected chi connectivity index (χ0v) is 12.4. The molecule has 2 heteroatoms. The van der Waals surface area contributed by atoms with Crippen molar-refractivity contribution in [1.29, 1.82) is 0 Å². The maximum absolute atomic E-state index is 6.20. The number of aryl methyl sites for hydroxylation is 1. The Morgan fingerprint density at radius 2 is 1.70 bits per heavy atom. The number of benzene rings is 1. The molecular formula is C18H26N2. The molecule has 1 aromatic rings. The van der Waals surface area contributed by atoms with E-state index in [1.807, 2.05) is 0 Å². The van der Waals surface area contributed by atoms with Gasteiger partial charge in [0.2, 0.25) is 0 Å². The molecule has 0 amide bonds. The quantitative estimate of drug-likeness (QED) is 0.825. The Labute approximate surface area is 122 Å². The molecule has 0 atom stereocenters. The van der Waals surface area contributed by atoms with E-state index in [0.717, 1.165) is 41.9 Å². The second kappa shape index (κ2) is 4.77. The van der Waals surface area contributed by atoms with Crippen molar-refractivity contribution in [1.82, 2.24) is 5.32 Å². The van der Waals surface area contributed by atoms with Crippen LogP contribution in [0.1, 0.15) is 43.2 Å². The zero-order valence-electron chi connectivity index (χ0n) is 12.4. The summed E-state index contributed by atoms with van der Waals surface area (Å²) in [5.74, 6) is 3.99. The normalized spacial score (nSPS) is 38.4. The topological polar surface area (TPSA) is 38.0 Å². The van der Waals surface area contributed by atoms with Crippen LogP contribution in [0.15, 0.2) is 18.2 Å². The van der Waals surface area contributed by atoms with Crippen molar-refractivity contribution in [2.24, 2.45) is 23.7 Å². The van der Waals surface area contributed by atoms with Crippen LogP contribution in [0.2, 0.25) is 0 Å². The predicted octanol–water partition coefficient (Wildman–Crippen LogP) is 3.49. The Morgan fingerprint density at radius 1 is 1.05 bits per heavy atom. The molecule has 0 aromatic heterocycles. The van der Waals surface area contributed by atoms with Gasteiger partial charge in [-0.2, -0.15) is 0 Å². The Balaban J connectivity index is 1.46. The molecule has 4 saturated carbocycles. The molecule has 2 nitrogen and oxygen atoms in total. The van der Waals surface area contributed by atoms with E-state index in [-0.39, 0.29) is 0 Å². The van der Waals surface area contributed by atoms with Crippen LogP contribution in [0.5, 0.6) is 0 Å². The summed E-state index contributed by atoms with van der Waals surface area (Å²) in [6, 6.07) is 7.15. The van der Waals surface area contributed by atoms with E-state index < -0.39 is 0 Å². The summed E-state index contributed by atoms with van der Waals surface area (Å²) in [4.78, 5) is 0. The third-order valence-electron chi connectivity index (χ3n) is 6.17. The first-order valence-electron chi connectivity index (χ1n) is 8.28. The number of nitrogen functional groups attached to an aromatic ring is 1. The van der Waals surface area contributed by atoms with Gasteiger partial charge in [0.15, 0.2) is 0 Å². The van der Waals surface area contributed by atoms with E-state index in [2.05, 4.69) is 30.4 Å². The van der Waals surface area contributed by atoms with Crippen LogP contribution in [0.3, 0.4) is 0 Å². The molecule has 0 unspecified atom stereocenters. The lowest BCUT2D eigenvalue weighted by Gasteiger charge is -2.54. The van der Waals surface area contributed by atoms with Crippen molar-refractivity contribution < 1.29 is 0 Å². The molecule has 0 saturated heterocycles. The van der Waals surface area contributed by atoms with Crippen LogP contribution < -0.4 is 11.1 Å². The number of nitrogens with one attached hydrogen (secondary N) is 1. The molecule has 1 aromatic carbocycles. The fourth-order valence-corrected chi connectivity index (χ4v) is 5.38. The predicted molar refractivity (Wildman–Crippen MR) is 83.3 cm³/mol. The second-order valence-electron chi connectivity index (χ2n) is 7.49. The van der Waals surface area contributed by atoms with Crippen molar-refractivity contribution in [2.45, 2.75) is 51.6 Å². The first-order chi connectivity index (χ1) is 9.70. The van der Waals surface area contributed by atoms with Gasteiger partial charge in [0, 0.05) is 18.3 Å². The summed E-state index contributed by atoms with van der Waals surface area (Å²) in [7, 11) is 0. The number of hydrogen-bond donors (Lipinski definition) is 2. The van der Waals surface area contributed by atoms with Crippen molar-refractivity contribution in [3.05, 3.63) is 29.3 Å². The fraction of sp³-hybridized carbons (Fsp3) is 0.667. The molecule has 4 aliphatic carbocycles. The van der Waals surface area contributed by atoms with E-state index in [4.69, 9.17) is 5.73 Å². The van der Waals surface area contributed by atoms with Gasteiger partial charge < -0.3 is 11.1 Å². The summed E-state index contributed by atoms with van der Waals surface area (Å²) in [6.07, 6.45) is 7.45. The number of nitrogens with two attached hydrogens (primary N) is 1. The van der Waals surface area contributed by atoms with E-state index in [1.165, 1.54) is 43.2 Å². The summed E-state index contributed by atoms with van der Waals surface area (Å²) < 4.78 is 0. The average molecular weight is 270 g/mol. The van der Waals surface area contributed by atoms with Gasteiger partial charge >= 0.3 is 0 Å². The third-order valence-corrected chi connectivity index (χ3v) is 6.17. The van der Waals surface area contributed by atoms with Crippen LogP contribution in [0, 0.1) is 30.6 Å². The molecule has 0 spiro atoms. The van der Waals surface area contributed by atoms with Gasteiger partial charge in [0.1, 0.15) is 0 Å². The highest BCUT2D eigenvalue weighted by Gasteiger charge is 2.47. The molecule has 3 N–H and O–H groups in total. The van der Waals surface area contributed by atoms with Crippen molar-refractivity contribution in [3.63, 3.8) is 0 Å². The maximum atomic E-state index is 6.20. The van der Waals surface area contributed by atoms with Crippen LogP contribution >= 0.6 is 0 Å². The van der Waals surface area contributed by atoms with Crippen LogP contribution in [-0.2, 0) is 6.54 Å². The fourth-order valence-electron chi connectivity index (χ4n) is 5.38. The number of para-hydroxylation sites is 1. The van der Waals surface area contributed by atoms with E-state index >= 15 is 0 Å². The minimum absolute atomic E-state index is 0.753. The summed E-state index contributed by atoms with van der Waals surface area (Å²) in [5.41, 5.74) is 9.66. The number of rotatable bonds is 3. The van der Waals surface area contributed by atoms with Gasteiger partial charge in [0.05, 0.1) is 0 Å². The first-order valence-corrected chi connectivity index (χ1v) is 8.28. The minimum atomic E-state index is 0.753. The van der Waals surface area contributed by atoms with Crippen LogP contribution in [-0.4, -0.2) is 6.04 Å². The maximum Gasteiger partial charge on any atom is 0.0389 e. The zero-order chi connectivity index (χ0) is 13.7. The smallest absolute Gasteiger partial charge is 0.0389 e. The molecule has 20 heavy (non-hydrogen) atoms. The van der Waals surface area contributed by atoms with E-state index in [9.17, 15) is 0 Å². The number of anilines is 1. The van der Waals surface area contributed by atoms with Crippen molar-refractivity contribution >= 4 is 5.69 Å². The summed E-state index contributed by atoms with van der Waals surface area (Å²) in [5, 5.41) is 3.87. The molecule has 5 rings (SSSR count). The molecule has 4 aliphatic rings. The Morgan fingerprint density at radius 3 is 2.35 bits per heavy atom. The van der Waals surface area contributed by atoms with Crippen LogP contribution in [0.4, 0.5) is 5.69 Å². The molecule has 4 bridgehead atoms. The molecular weight excluding hydrogens is 244 g/mol. The monoisotopic (exact) mass is 270 g/mol. The SMILES string of the molecule is Cc1cccc(CNC2C3CC4CC(C3)CC2C4)c1N. The average Bonchev–Trinajstić information content (AvgIpc) is 2.41. The molecule has 4 fully saturated rings. The van der Waals surface area contributed by atoms with Crippen LogP contribution in [0.25, 0.3) is 0 Å². The molecule has 0 radical (unpaired) electrons. The standard InChI is InChI=1S/C18H26N2/c1-11-3-2-4-14(17(11)19)10-20-18-15-6-12-5-13(8-15)9-16(18)7-12/h2-4,12-13,15-16,18,20H,5-10,19H2,1H3. The minimum Gasteiger partial charge on any atom is -0.398 e. The molecule has 108 valence electrons. The summed E-state index contributed by atoms with van der Waals surface area (Å²) in [6.45, 7) is 3.04. The summed E-state index contributed by atoms with van der Waals surface area (Å²) >= 11 is 0. The Hall–Kier alpha value is -1.02. The first kappa shape index (κ1) is 12.7. The van der Waals surface area contributed by atoms with Gasteiger partial charge in [-0.1, -0.05) is 18.2 Å². The third kappa shape index (κ3) is 2.05. The van der Waals surface area contributed by atoms with Gasteiger partial charge in [-0.15, -0.1) is 0 Å². The lowest BCUT2D eigenvalue weighted by molar-refractivity contribution is -0.0142. The highest BCUT2D eigenvalue weighted by molar-refractivity contribution is 5.53. The lowest BCUT2D eigenvalue weighted by atomic mass is 9.54. The van der Waals surface area contributed by atoms with Gasteiger partial charge in [-0.3, -0.25) is 0 Å². The Bertz CT molecular complexity index is 480.